The molecule has 4 aromatic rings. The minimum absolute atomic E-state index is 0.0466. The Morgan fingerprint density at radius 2 is 2.12 bits per heavy atom. The summed E-state index contributed by atoms with van der Waals surface area (Å²) in [5.41, 5.74) is 2.71. The Hall–Kier alpha value is -2.98. The molecule has 0 radical (unpaired) electrons. The number of hydrogen-bond acceptors (Lipinski definition) is 5. The van der Waals surface area contributed by atoms with Crippen molar-refractivity contribution in [2.24, 2.45) is 7.05 Å². The number of halogens is 3. The third kappa shape index (κ3) is 4.39. The summed E-state index contributed by atoms with van der Waals surface area (Å²) < 4.78 is 42.4. The molecule has 0 amide bonds. The molecule has 1 aliphatic rings. The van der Waals surface area contributed by atoms with Crippen molar-refractivity contribution < 1.29 is 13.2 Å². The van der Waals surface area contributed by atoms with Crippen LogP contribution in [0, 0.1) is 6.92 Å². The molecule has 1 unspecified atom stereocenters. The standard InChI is InChI=1S/C24H24F3N5OS/c1-14-16(12-31(2)30-14)10-28-18-6-7-19-20(9-18)34-22-21(19)23(33)32(13-29-22)11-15-4-3-5-17(8-15)24(25,26)27/h3-5,8,12-13,18,28H,6-7,9-11H2,1-2H3. The molecule has 10 heteroatoms. The van der Waals surface area contributed by atoms with Gasteiger partial charge in [-0.3, -0.25) is 14.0 Å². The fraction of sp³-hybridized carbons (Fsp3) is 0.375. The SMILES string of the molecule is Cc1nn(C)cc1CNC1CCc2c(sc3ncn(Cc4cccc(C(F)(F)F)c4)c(=O)c23)C1. The summed E-state index contributed by atoms with van der Waals surface area (Å²) in [4.78, 5) is 19.6. The van der Waals surface area contributed by atoms with Gasteiger partial charge < -0.3 is 5.32 Å². The number of hydrogen-bond donors (Lipinski definition) is 1. The van der Waals surface area contributed by atoms with Crippen molar-refractivity contribution in [3.05, 3.63) is 80.0 Å². The Bertz CT molecular complexity index is 1420. The van der Waals surface area contributed by atoms with Crippen molar-refractivity contribution in [3.8, 4) is 0 Å². The van der Waals surface area contributed by atoms with Crippen LogP contribution >= 0.6 is 11.3 Å². The van der Waals surface area contributed by atoms with Gasteiger partial charge in [0.25, 0.3) is 5.56 Å². The molecule has 0 spiro atoms. The maximum Gasteiger partial charge on any atom is 0.416 e. The van der Waals surface area contributed by atoms with E-state index in [4.69, 9.17) is 0 Å². The van der Waals surface area contributed by atoms with E-state index in [0.29, 0.717) is 21.8 Å². The lowest BCUT2D eigenvalue weighted by Crippen LogP contribution is -2.34. The summed E-state index contributed by atoms with van der Waals surface area (Å²) in [5, 5.41) is 8.60. The van der Waals surface area contributed by atoms with E-state index in [9.17, 15) is 18.0 Å². The topological polar surface area (TPSA) is 64.7 Å². The maximum atomic E-state index is 13.3. The molecule has 0 saturated carbocycles. The first kappa shape index (κ1) is 22.8. The van der Waals surface area contributed by atoms with Gasteiger partial charge in [-0.15, -0.1) is 11.3 Å². The summed E-state index contributed by atoms with van der Waals surface area (Å²) in [6.45, 7) is 2.79. The molecule has 6 nitrogen and oxygen atoms in total. The first-order chi connectivity index (χ1) is 16.2. The van der Waals surface area contributed by atoms with E-state index >= 15 is 0 Å². The quantitative estimate of drug-likeness (QED) is 0.458. The van der Waals surface area contributed by atoms with Crippen LogP contribution < -0.4 is 10.9 Å². The number of rotatable bonds is 5. The second-order valence-corrected chi connectivity index (χ2v) is 9.88. The number of nitrogens with zero attached hydrogens (tertiary/aromatic N) is 4. The summed E-state index contributed by atoms with van der Waals surface area (Å²) in [7, 11) is 1.91. The summed E-state index contributed by atoms with van der Waals surface area (Å²) in [5.74, 6) is 0. The third-order valence-corrected chi connectivity index (χ3v) is 7.50. The average Bonchev–Trinajstić information content (AvgIpc) is 3.32. The second kappa shape index (κ2) is 8.66. The molecule has 0 fully saturated rings. The van der Waals surface area contributed by atoms with E-state index in [-0.39, 0.29) is 12.1 Å². The minimum Gasteiger partial charge on any atom is -0.309 e. The van der Waals surface area contributed by atoms with Crippen LogP contribution in [0.3, 0.4) is 0 Å². The van der Waals surface area contributed by atoms with Crippen LogP contribution in [-0.4, -0.2) is 25.4 Å². The predicted molar refractivity (Wildman–Crippen MR) is 125 cm³/mol. The lowest BCUT2D eigenvalue weighted by molar-refractivity contribution is -0.137. The Morgan fingerprint density at radius 1 is 1.29 bits per heavy atom. The van der Waals surface area contributed by atoms with Crippen LogP contribution in [0.2, 0.25) is 0 Å². The highest BCUT2D eigenvalue weighted by Gasteiger charge is 2.30. The molecule has 0 bridgehead atoms. The van der Waals surface area contributed by atoms with Crippen molar-refractivity contribution in [2.75, 3.05) is 0 Å². The van der Waals surface area contributed by atoms with Gasteiger partial charge in [-0.05, 0) is 49.4 Å². The van der Waals surface area contributed by atoms with E-state index < -0.39 is 11.7 Å². The summed E-state index contributed by atoms with van der Waals surface area (Å²) in [6.07, 6.45) is 1.53. The van der Waals surface area contributed by atoms with E-state index in [1.165, 1.54) is 33.9 Å². The highest BCUT2D eigenvalue weighted by Crippen LogP contribution is 2.34. The van der Waals surface area contributed by atoms with Crippen LogP contribution in [-0.2, 0) is 39.2 Å². The Kier molecular flexibility index (Phi) is 5.81. The Morgan fingerprint density at radius 3 is 2.85 bits per heavy atom. The third-order valence-electron chi connectivity index (χ3n) is 6.34. The predicted octanol–water partition coefficient (Wildman–Crippen LogP) is 4.21. The van der Waals surface area contributed by atoms with Gasteiger partial charge >= 0.3 is 6.18 Å². The number of benzene rings is 1. The average molecular weight is 488 g/mol. The van der Waals surface area contributed by atoms with Crippen LogP contribution in [0.15, 0.2) is 41.6 Å². The van der Waals surface area contributed by atoms with Crippen LogP contribution in [0.4, 0.5) is 13.2 Å². The molecule has 0 aliphatic heterocycles. The first-order valence-electron chi connectivity index (χ1n) is 11.1. The van der Waals surface area contributed by atoms with Crippen molar-refractivity contribution in [2.45, 2.75) is 51.5 Å². The number of nitrogens with one attached hydrogen (secondary N) is 1. The van der Waals surface area contributed by atoms with Crippen molar-refractivity contribution in [1.82, 2.24) is 24.6 Å². The highest BCUT2D eigenvalue weighted by molar-refractivity contribution is 7.18. The fourth-order valence-electron chi connectivity index (χ4n) is 4.61. The monoisotopic (exact) mass is 487 g/mol. The number of thiophene rings is 1. The highest BCUT2D eigenvalue weighted by atomic mass is 32.1. The molecule has 34 heavy (non-hydrogen) atoms. The molecule has 3 aromatic heterocycles. The fourth-order valence-corrected chi connectivity index (χ4v) is 5.86. The van der Waals surface area contributed by atoms with E-state index in [0.717, 1.165) is 54.1 Å². The van der Waals surface area contributed by atoms with E-state index in [2.05, 4.69) is 15.4 Å². The molecular formula is C24H24F3N5OS. The van der Waals surface area contributed by atoms with Gasteiger partial charge in [0, 0.05) is 36.3 Å². The zero-order valence-electron chi connectivity index (χ0n) is 18.8. The van der Waals surface area contributed by atoms with Crippen molar-refractivity contribution >= 4 is 21.6 Å². The van der Waals surface area contributed by atoms with Crippen molar-refractivity contribution in [3.63, 3.8) is 0 Å². The molecule has 0 saturated heterocycles. The number of fused-ring (bicyclic) bond motifs is 3. The van der Waals surface area contributed by atoms with Crippen LogP contribution in [0.1, 0.15) is 39.2 Å². The Balaban J connectivity index is 1.37. The lowest BCUT2D eigenvalue weighted by Gasteiger charge is -2.23. The molecular weight excluding hydrogens is 463 g/mol. The molecule has 5 rings (SSSR count). The van der Waals surface area contributed by atoms with E-state index in [1.54, 1.807) is 6.07 Å². The lowest BCUT2D eigenvalue weighted by atomic mass is 9.93. The normalized spacial score (nSPS) is 16.2. The zero-order valence-corrected chi connectivity index (χ0v) is 19.6. The second-order valence-electron chi connectivity index (χ2n) is 8.79. The van der Waals surface area contributed by atoms with Gasteiger partial charge in [-0.2, -0.15) is 18.3 Å². The van der Waals surface area contributed by atoms with Crippen LogP contribution in [0.25, 0.3) is 10.2 Å². The Labute approximate surface area is 198 Å². The van der Waals surface area contributed by atoms with Gasteiger partial charge in [-0.25, -0.2) is 4.98 Å². The molecule has 3 heterocycles. The number of alkyl halides is 3. The van der Waals surface area contributed by atoms with Gasteiger partial charge in [-0.1, -0.05) is 12.1 Å². The maximum absolute atomic E-state index is 13.3. The van der Waals surface area contributed by atoms with Crippen molar-refractivity contribution in [1.29, 1.82) is 0 Å². The summed E-state index contributed by atoms with van der Waals surface area (Å²) >= 11 is 1.54. The first-order valence-corrected chi connectivity index (χ1v) is 11.9. The smallest absolute Gasteiger partial charge is 0.309 e. The van der Waals surface area contributed by atoms with Gasteiger partial charge in [0.1, 0.15) is 4.83 Å². The molecule has 1 aliphatic carbocycles. The van der Waals surface area contributed by atoms with Gasteiger partial charge in [0.2, 0.25) is 0 Å². The van der Waals surface area contributed by atoms with E-state index in [1.807, 2.05) is 24.9 Å². The number of aryl methyl sites for hydroxylation is 3. The minimum atomic E-state index is -4.42. The molecule has 1 N–H and O–H groups in total. The molecule has 1 atom stereocenters. The largest absolute Gasteiger partial charge is 0.416 e. The zero-order chi connectivity index (χ0) is 24.0. The summed E-state index contributed by atoms with van der Waals surface area (Å²) in [6, 6.07) is 5.37. The molecule has 178 valence electrons. The van der Waals surface area contributed by atoms with Gasteiger partial charge in [0.15, 0.2) is 0 Å². The van der Waals surface area contributed by atoms with Crippen LogP contribution in [0.5, 0.6) is 0 Å². The number of aromatic nitrogens is 4. The van der Waals surface area contributed by atoms with Gasteiger partial charge in [0.05, 0.1) is 29.5 Å². The molecule has 1 aromatic carbocycles.